The Morgan fingerprint density at radius 1 is 1.07 bits per heavy atom. The normalized spacial score (nSPS) is 14.7. The van der Waals surface area contributed by atoms with Crippen molar-refractivity contribution in [1.29, 1.82) is 0 Å². The van der Waals surface area contributed by atoms with Crippen LogP contribution in [0.1, 0.15) is 11.1 Å². The van der Waals surface area contributed by atoms with Gasteiger partial charge in [-0.05, 0) is 29.3 Å². The third-order valence-corrected chi connectivity index (χ3v) is 5.71. The maximum Gasteiger partial charge on any atom is 0.415 e. The number of aromatic nitrogens is 3. The molecule has 1 saturated heterocycles. The molecule has 150 valence electrons. The first-order chi connectivity index (χ1) is 14.3. The molecular formula is C21H23N5O2S. The molecule has 1 amide bonds. The number of piperazine rings is 1. The Morgan fingerprint density at radius 3 is 2.59 bits per heavy atom. The van der Waals surface area contributed by atoms with Gasteiger partial charge in [0.1, 0.15) is 5.75 Å². The van der Waals surface area contributed by atoms with Crippen LogP contribution in [-0.4, -0.2) is 57.0 Å². The van der Waals surface area contributed by atoms with Gasteiger partial charge in [-0.2, -0.15) is 0 Å². The summed E-state index contributed by atoms with van der Waals surface area (Å²) in [6.45, 7) is 3.84. The van der Waals surface area contributed by atoms with E-state index in [2.05, 4.69) is 25.9 Å². The van der Waals surface area contributed by atoms with Crippen LogP contribution in [-0.2, 0) is 12.3 Å². The highest BCUT2D eigenvalue weighted by Gasteiger charge is 2.22. The standard InChI is InChI=1S/C21H23N5O2S/c27-21(26-12-10-25(11-13-26)15-18-2-1-7-22-14-18)28-19-5-3-17(4-6-19)16-29-20-23-8-9-24-20/h1-9,14H,10-13,15-16H2,(H,23,24). The summed E-state index contributed by atoms with van der Waals surface area (Å²) in [5, 5.41) is 0.892. The lowest BCUT2D eigenvalue weighted by Gasteiger charge is -2.33. The molecule has 3 heterocycles. The molecule has 8 heteroatoms. The quantitative estimate of drug-likeness (QED) is 0.629. The van der Waals surface area contributed by atoms with Crippen molar-refractivity contribution in [3.8, 4) is 5.75 Å². The lowest BCUT2D eigenvalue weighted by Crippen LogP contribution is -2.49. The SMILES string of the molecule is O=C(Oc1ccc(CSc2ncc[nH]2)cc1)N1CCN(Cc2cccnc2)CC1. The monoisotopic (exact) mass is 409 g/mol. The zero-order valence-electron chi connectivity index (χ0n) is 16.0. The van der Waals surface area contributed by atoms with Gasteiger partial charge in [0, 0.05) is 63.3 Å². The molecule has 4 rings (SSSR count). The van der Waals surface area contributed by atoms with E-state index in [1.54, 1.807) is 29.1 Å². The third-order valence-electron chi connectivity index (χ3n) is 4.74. The van der Waals surface area contributed by atoms with Gasteiger partial charge in [-0.25, -0.2) is 9.78 Å². The number of amides is 1. The molecular weight excluding hydrogens is 386 g/mol. The Hall–Kier alpha value is -2.84. The fourth-order valence-corrected chi connectivity index (χ4v) is 3.92. The number of aromatic amines is 1. The number of thioether (sulfide) groups is 1. The number of nitrogens with zero attached hydrogens (tertiary/aromatic N) is 4. The van der Waals surface area contributed by atoms with Crippen LogP contribution in [0.25, 0.3) is 0 Å². The van der Waals surface area contributed by atoms with E-state index in [0.717, 1.165) is 36.1 Å². The summed E-state index contributed by atoms with van der Waals surface area (Å²) >= 11 is 1.63. The number of rotatable bonds is 6. The van der Waals surface area contributed by atoms with Crippen molar-refractivity contribution in [3.05, 3.63) is 72.3 Å². The van der Waals surface area contributed by atoms with E-state index in [-0.39, 0.29) is 6.09 Å². The second kappa shape index (κ2) is 9.58. The second-order valence-corrected chi connectivity index (χ2v) is 7.78. The Morgan fingerprint density at radius 2 is 1.90 bits per heavy atom. The van der Waals surface area contributed by atoms with E-state index in [9.17, 15) is 4.79 Å². The van der Waals surface area contributed by atoms with Crippen molar-refractivity contribution in [2.45, 2.75) is 17.5 Å². The van der Waals surface area contributed by atoms with Crippen LogP contribution in [0, 0.1) is 0 Å². The Bertz CT molecular complexity index is 895. The van der Waals surface area contributed by atoms with Crippen molar-refractivity contribution < 1.29 is 9.53 Å². The van der Waals surface area contributed by atoms with Gasteiger partial charge in [0.05, 0.1) is 0 Å². The van der Waals surface area contributed by atoms with Crippen LogP contribution < -0.4 is 4.74 Å². The highest BCUT2D eigenvalue weighted by Crippen LogP contribution is 2.21. The minimum atomic E-state index is -0.288. The van der Waals surface area contributed by atoms with Crippen LogP contribution in [0.15, 0.2) is 66.3 Å². The molecule has 29 heavy (non-hydrogen) atoms. The molecule has 1 aliphatic heterocycles. The van der Waals surface area contributed by atoms with Gasteiger partial charge in [0.25, 0.3) is 0 Å². The number of hydrogen-bond donors (Lipinski definition) is 1. The van der Waals surface area contributed by atoms with E-state index < -0.39 is 0 Å². The summed E-state index contributed by atoms with van der Waals surface area (Å²) in [6, 6.07) is 11.7. The summed E-state index contributed by atoms with van der Waals surface area (Å²) < 4.78 is 5.55. The van der Waals surface area contributed by atoms with Crippen molar-refractivity contribution in [1.82, 2.24) is 24.8 Å². The first-order valence-corrected chi connectivity index (χ1v) is 10.5. The number of carbonyl (C=O) groups is 1. The molecule has 0 unspecified atom stereocenters. The van der Waals surface area contributed by atoms with Gasteiger partial charge >= 0.3 is 6.09 Å². The molecule has 3 aromatic rings. The second-order valence-electron chi connectivity index (χ2n) is 6.82. The van der Waals surface area contributed by atoms with E-state index in [1.807, 2.05) is 42.7 Å². The smallest absolute Gasteiger partial charge is 0.410 e. The number of hydrogen-bond acceptors (Lipinski definition) is 6. The highest BCUT2D eigenvalue weighted by atomic mass is 32.2. The van der Waals surface area contributed by atoms with Gasteiger partial charge < -0.3 is 14.6 Å². The Labute approximate surface area is 174 Å². The number of imidazole rings is 1. The van der Waals surface area contributed by atoms with Gasteiger partial charge in [-0.15, -0.1) is 0 Å². The van der Waals surface area contributed by atoms with Gasteiger partial charge in [-0.3, -0.25) is 9.88 Å². The van der Waals surface area contributed by atoms with Gasteiger partial charge in [0.15, 0.2) is 5.16 Å². The van der Waals surface area contributed by atoms with E-state index in [1.165, 1.54) is 5.56 Å². The Kier molecular flexibility index (Phi) is 6.43. The fraction of sp³-hybridized carbons (Fsp3) is 0.286. The zero-order chi connectivity index (χ0) is 19.9. The zero-order valence-corrected chi connectivity index (χ0v) is 16.8. The molecule has 1 aromatic carbocycles. The molecule has 0 atom stereocenters. The molecule has 1 aliphatic rings. The van der Waals surface area contributed by atoms with Gasteiger partial charge in [-0.1, -0.05) is 30.0 Å². The van der Waals surface area contributed by atoms with Crippen molar-refractivity contribution >= 4 is 17.9 Å². The molecule has 1 fully saturated rings. The van der Waals surface area contributed by atoms with Crippen LogP contribution in [0.3, 0.4) is 0 Å². The maximum atomic E-state index is 12.5. The first-order valence-electron chi connectivity index (χ1n) is 9.55. The predicted molar refractivity (Wildman–Crippen MR) is 112 cm³/mol. The first kappa shape index (κ1) is 19.5. The molecule has 2 aromatic heterocycles. The molecule has 0 saturated carbocycles. The summed E-state index contributed by atoms with van der Waals surface area (Å²) in [5.74, 6) is 1.38. The van der Waals surface area contributed by atoms with E-state index >= 15 is 0 Å². The number of benzene rings is 1. The lowest BCUT2D eigenvalue weighted by atomic mass is 10.2. The van der Waals surface area contributed by atoms with Crippen molar-refractivity contribution in [2.75, 3.05) is 26.2 Å². The number of H-pyrrole nitrogens is 1. The lowest BCUT2D eigenvalue weighted by molar-refractivity contribution is 0.108. The largest absolute Gasteiger partial charge is 0.415 e. The van der Waals surface area contributed by atoms with E-state index in [4.69, 9.17) is 4.74 Å². The Balaban J connectivity index is 1.22. The van der Waals surface area contributed by atoms with Crippen LogP contribution in [0.2, 0.25) is 0 Å². The average molecular weight is 410 g/mol. The molecule has 0 aliphatic carbocycles. The maximum absolute atomic E-state index is 12.5. The van der Waals surface area contributed by atoms with Crippen molar-refractivity contribution in [3.63, 3.8) is 0 Å². The molecule has 1 N–H and O–H groups in total. The molecule has 7 nitrogen and oxygen atoms in total. The van der Waals surface area contributed by atoms with Crippen molar-refractivity contribution in [2.24, 2.45) is 0 Å². The minimum Gasteiger partial charge on any atom is -0.410 e. The predicted octanol–water partition coefficient (Wildman–Crippen LogP) is 3.41. The van der Waals surface area contributed by atoms with Gasteiger partial charge in [0.2, 0.25) is 0 Å². The highest BCUT2D eigenvalue weighted by molar-refractivity contribution is 7.98. The number of nitrogens with one attached hydrogen (secondary N) is 1. The number of carbonyl (C=O) groups excluding carboxylic acids is 1. The number of ether oxygens (including phenoxy) is 1. The van der Waals surface area contributed by atoms with Crippen LogP contribution in [0.5, 0.6) is 5.75 Å². The fourth-order valence-electron chi connectivity index (χ4n) is 3.14. The topological polar surface area (TPSA) is 74.3 Å². The summed E-state index contributed by atoms with van der Waals surface area (Å²) in [7, 11) is 0. The number of pyridine rings is 1. The average Bonchev–Trinajstić information content (AvgIpc) is 3.28. The van der Waals surface area contributed by atoms with E-state index in [0.29, 0.717) is 18.8 Å². The molecule has 0 radical (unpaired) electrons. The summed E-state index contributed by atoms with van der Waals surface area (Å²) in [5.41, 5.74) is 2.34. The molecule has 0 spiro atoms. The van der Waals surface area contributed by atoms with Crippen LogP contribution >= 0.6 is 11.8 Å². The third kappa shape index (κ3) is 5.58. The summed E-state index contributed by atoms with van der Waals surface area (Å²) in [6.07, 6.45) is 6.93. The molecule has 0 bridgehead atoms. The minimum absolute atomic E-state index is 0.288. The summed E-state index contributed by atoms with van der Waals surface area (Å²) in [4.78, 5) is 28.0. The van der Waals surface area contributed by atoms with Crippen LogP contribution in [0.4, 0.5) is 4.79 Å².